The lowest BCUT2D eigenvalue weighted by atomic mass is 10.2. The maximum absolute atomic E-state index is 12.1. The highest BCUT2D eigenvalue weighted by molar-refractivity contribution is 5.83. The Balaban J connectivity index is 1.69. The predicted octanol–water partition coefficient (Wildman–Crippen LogP) is -3.52. The van der Waals surface area contributed by atoms with E-state index in [2.05, 4.69) is 14.1 Å². The van der Waals surface area contributed by atoms with Crippen LogP contribution in [-0.2, 0) is 9.59 Å². The topological polar surface area (TPSA) is 49.5 Å². The van der Waals surface area contributed by atoms with E-state index in [9.17, 15) is 9.59 Å². The zero-order valence-electron chi connectivity index (χ0n) is 12.8. The van der Waals surface area contributed by atoms with Crippen LogP contribution in [0.3, 0.4) is 0 Å². The molecule has 2 aliphatic rings. The number of quaternary nitrogens is 2. The zero-order valence-corrected chi connectivity index (χ0v) is 12.8. The minimum Gasteiger partial charge on any atom is -0.334 e. The highest BCUT2D eigenvalue weighted by atomic mass is 16.2. The molecule has 6 heteroatoms. The summed E-state index contributed by atoms with van der Waals surface area (Å²) in [6.07, 6.45) is 0.744. The van der Waals surface area contributed by atoms with Gasteiger partial charge in [-0.3, -0.25) is 9.59 Å². The number of hydrogen-bond donors (Lipinski definition) is 2. The number of amides is 2. The normalized spacial score (nSPS) is 22.1. The molecule has 0 spiro atoms. The SMILES string of the molecule is C[NH+]1CCN(C(=O)CCC(=O)N2CC[NH+](C)CC2)CC1. The molecule has 6 nitrogen and oxygen atoms in total. The lowest BCUT2D eigenvalue weighted by molar-refractivity contribution is -0.883. The summed E-state index contributed by atoms with van der Waals surface area (Å²) in [5, 5.41) is 0. The molecule has 0 saturated carbocycles. The highest BCUT2D eigenvalue weighted by Crippen LogP contribution is 2.03. The Kier molecular flexibility index (Phi) is 5.37. The summed E-state index contributed by atoms with van der Waals surface area (Å²) in [5.41, 5.74) is 0. The van der Waals surface area contributed by atoms with E-state index in [-0.39, 0.29) is 11.8 Å². The van der Waals surface area contributed by atoms with Crippen LogP contribution in [0.2, 0.25) is 0 Å². The Hall–Kier alpha value is -1.14. The molecule has 0 radical (unpaired) electrons. The van der Waals surface area contributed by atoms with Gasteiger partial charge in [-0.15, -0.1) is 0 Å². The van der Waals surface area contributed by atoms with E-state index >= 15 is 0 Å². The second-order valence-electron chi connectivity index (χ2n) is 6.18. The number of nitrogens with zero attached hydrogens (tertiary/aromatic N) is 2. The minimum atomic E-state index is 0.144. The first kappa shape index (κ1) is 15.3. The number of nitrogens with one attached hydrogen (secondary N) is 2. The van der Waals surface area contributed by atoms with Gasteiger partial charge in [-0.05, 0) is 0 Å². The number of carbonyl (C=O) groups is 2. The fourth-order valence-electron chi connectivity index (χ4n) is 2.81. The Bertz CT molecular complexity index is 311. The van der Waals surface area contributed by atoms with Crippen LogP contribution < -0.4 is 9.80 Å². The molecule has 2 N–H and O–H groups in total. The number of carbonyl (C=O) groups excluding carboxylic acids is 2. The van der Waals surface area contributed by atoms with Crippen molar-refractivity contribution in [2.75, 3.05) is 66.5 Å². The van der Waals surface area contributed by atoms with Crippen molar-refractivity contribution in [3.05, 3.63) is 0 Å². The molecule has 2 amide bonds. The molecule has 0 aromatic rings. The van der Waals surface area contributed by atoms with E-state index in [1.54, 1.807) is 0 Å². The van der Waals surface area contributed by atoms with E-state index in [0.717, 1.165) is 52.4 Å². The van der Waals surface area contributed by atoms with Crippen molar-refractivity contribution in [3.8, 4) is 0 Å². The van der Waals surface area contributed by atoms with Gasteiger partial charge in [0, 0.05) is 12.8 Å². The van der Waals surface area contributed by atoms with Crippen LogP contribution in [0.15, 0.2) is 0 Å². The van der Waals surface area contributed by atoms with Gasteiger partial charge in [0.05, 0.1) is 66.5 Å². The molecular weight excluding hydrogens is 256 g/mol. The third kappa shape index (κ3) is 4.18. The van der Waals surface area contributed by atoms with Crippen molar-refractivity contribution in [2.45, 2.75) is 12.8 Å². The molecule has 2 fully saturated rings. The van der Waals surface area contributed by atoms with Crippen LogP contribution in [0.25, 0.3) is 0 Å². The minimum absolute atomic E-state index is 0.144. The van der Waals surface area contributed by atoms with Crippen molar-refractivity contribution >= 4 is 11.8 Å². The summed E-state index contributed by atoms with van der Waals surface area (Å²) in [4.78, 5) is 30.9. The molecule has 0 atom stereocenters. The lowest BCUT2D eigenvalue weighted by Crippen LogP contribution is -3.12. The van der Waals surface area contributed by atoms with Crippen LogP contribution >= 0.6 is 0 Å². The van der Waals surface area contributed by atoms with Gasteiger partial charge in [0.15, 0.2) is 0 Å². The zero-order chi connectivity index (χ0) is 14.5. The highest BCUT2D eigenvalue weighted by Gasteiger charge is 2.24. The van der Waals surface area contributed by atoms with Gasteiger partial charge < -0.3 is 19.6 Å². The molecule has 0 aromatic carbocycles. The fourth-order valence-corrected chi connectivity index (χ4v) is 2.81. The standard InChI is InChI=1S/C14H26N4O2/c1-15-5-9-17(10-6-15)13(19)3-4-14(20)18-11-7-16(2)8-12-18/h3-12H2,1-2H3/p+2. The monoisotopic (exact) mass is 284 g/mol. The third-order valence-electron chi connectivity index (χ3n) is 4.49. The molecular formula is C14H28N4O2+2. The van der Waals surface area contributed by atoms with Crippen molar-refractivity contribution in [1.29, 1.82) is 0 Å². The van der Waals surface area contributed by atoms with Crippen LogP contribution in [-0.4, -0.2) is 88.1 Å². The van der Waals surface area contributed by atoms with E-state index in [4.69, 9.17) is 0 Å². The molecule has 0 aromatic heterocycles. The largest absolute Gasteiger partial charge is 0.334 e. The average molecular weight is 284 g/mol. The molecule has 0 aliphatic carbocycles. The van der Waals surface area contributed by atoms with Gasteiger partial charge in [0.2, 0.25) is 11.8 Å². The van der Waals surface area contributed by atoms with E-state index in [1.807, 2.05) is 9.80 Å². The Labute approximate surface area is 121 Å². The van der Waals surface area contributed by atoms with Gasteiger partial charge in [0.25, 0.3) is 0 Å². The lowest BCUT2D eigenvalue weighted by Gasteiger charge is -2.31. The first-order chi connectivity index (χ1) is 9.56. The van der Waals surface area contributed by atoms with Crippen molar-refractivity contribution in [3.63, 3.8) is 0 Å². The van der Waals surface area contributed by atoms with Crippen LogP contribution in [0.4, 0.5) is 0 Å². The number of likely N-dealkylation sites (N-methyl/N-ethyl adjacent to an activating group) is 2. The van der Waals surface area contributed by atoms with Crippen molar-refractivity contribution in [1.82, 2.24) is 9.80 Å². The summed E-state index contributed by atoms with van der Waals surface area (Å²) in [5.74, 6) is 0.288. The summed E-state index contributed by atoms with van der Waals surface area (Å²) >= 11 is 0. The summed E-state index contributed by atoms with van der Waals surface area (Å²) < 4.78 is 0. The molecule has 2 rings (SSSR count). The second-order valence-corrected chi connectivity index (χ2v) is 6.18. The summed E-state index contributed by atoms with van der Waals surface area (Å²) in [6.45, 7) is 7.38. The Morgan fingerprint density at radius 1 is 0.750 bits per heavy atom. The second kappa shape index (κ2) is 7.04. The molecule has 2 saturated heterocycles. The Morgan fingerprint density at radius 3 is 1.35 bits per heavy atom. The first-order valence-electron chi connectivity index (χ1n) is 7.74. The molecule has 2 aliphatic heterocycles. The van der Waals surface area contributed by atoms with Gasteiger partial charge in [-0.25, -0.2) is 0 Å². The average Bonchev–Trinajstić information content (AvgIpc) is 2.46. The van der Waals surface area contributed by atoms with Crippen molar-refractivity contribution < 1.29 is 19.4 Å². The first-order valence-corrected chi connectivity index (χ1v) is 7.74. The molecule has 0 bridgehead atoms. The maximum Gasteiger partial charge on any atom is 0.223 e. The number of hydrogen-bond acceptors (Lipinski definition) is 2. The van der Waals surface area contributed by atoms with E-state index in [0.29, 0.717) is 12.8 Å². The van der Waals surface area contributed by atoms with Crippen LogP contribution in [0, 0.1) is 0 Å². The molecule has 20 heavy (non-hydrogen) atoms. The number of piperazine rings is 2. The smallest absolute Gasteiger partial charge is 0.223 e. The molecule has 114 valence electrons. The summed E-state index contributed by atoms with van der Waals surface area (Å²) in [6, 6.07) is 0. The van der Waals surface area contributed by atoms with Gasteiger partial charge in [-0.1, -0.05) is 0 Å². The molecule has 2 heterocycles. The van der Waals surface area contributed by atoms with Gasteiger partial charge in [0.1, 0.15) is 0 Å². The third-order valence-corrected chi connectivity index (χ3v) is 4.49. The quantitative estimate of drug-likeness (QED) is 0.565. The predicted molar refractivity (Wildman–Crippen MR) is 75.6 cm³/mol. The maximum atomic E-state index is 12.1. The van der Waals surface area contributed by atoms with Gasteiger partial charge >= 0.3 is 0 Å². The van der Waals surface area contributed by atoms with Crippen LogP contribution in [0.5, 0.6) is 0 Å². The fraction of sp³-hybridized carbons (Fsp3) is 0.857. The van der Waals surface area contributed by atoms with E-state index in [1.165, 1.54) is 9.80 Å². The number of rotatable bonds is 3. The molecule has 0 unspecified atom stereocenters. The summed E-state index contributed by atoms with van der Waals surface area (Å²) in [7, 11) is 4.31. The van der Waals surface area contributed by atoms with Crippen LogP contribution in [0.1, 0.15) is 12.8 Å². The van der Waals surface area contributed by atoms with E-state index < -0.39 is 0 Å². The van der Waals surface area contributed by atoms with Gasteiger partial charge in [-0.2, -0.15) is 0 Å². The van der Waals surface area contributed by atoms with Crippen molar-refractivity contribution in [2.24, 2.45) is 0 Å². The Morgan fingerprint density at radius 2 is 1.05 bits per heavy atom.